The number of para-hydroxylation sites is 1. The molecule has 2 fully saturated rings. The lowest BCUT2D eigenvalue weighted by Crippen LogP contribution is -2.51. The lowest BCUT2D eigenvalue weighted by atomic mass is 9.77. The van der Waals surface area contributed by atoms with Gasteiger partial charge in [-0.1, -0.05) is 66.2 Å². The number of anilines is 1. The monoisotopic (exact) mass is 563 g/mol. The van der Waals surface area contributed by atoms with Crippen LogP contribution in [0.3, 0.4) is 0 Å². The van der Waals surface area contributed by atoms with Gasteiger partial charge < -0.3 is 4.74 Å². The van der Waals surface area contributed by atoms with Crippen LogP contribution in [0.1, 0.15) is 37.9 Å². The Morgan fingerprint density at radius 3 is 2.00 bits per heavy atom. The number of ether oxygens (including phenoxy) is 1. The van der Waals surface area contributed by atoms with E-state index in [4.69, 9.17) is 4.74 Å². The fraction of sp³-hybridized carbons (Fsp3) is 0.185. The van der Waals surface area contributed by atoms with Crippen molar-refractivity contribution in [2.45, 2.75) is 18.6 Å². The molecule has 3 aliphatic rings. The fourth-order valence-electron chi connectivity index (χ4n) is 5.44. The number of Topliss-reactive ketones (excluding diaryl/α,β-unsaturated/α-hetero) is 2. The topological polar surface area (TPSA) is 80.8 Å². The molecule has 6 nitrogen and oxygen atoms in total. The summed E-state index contributed by atoms with van der Waals surface area (Å²) < 4.78 is 7.01. The van der Waals surface area contributed by atoms with E-state index in [1.54, 1.807) is 42.5 Å². The first-order chi connectivity index (χ1) is 16.4. The van der Waals surface area contributed by atoms with E-state index in [1.165, 1.54) is 0 Å². The van der Waals surface area contributed by atoms with Gasteiger partial charge in [0, 0.05) is 14.7 Å². The van der Waals surface area contributed by atoms with E-state index in [1.807, 2.05) is 37.3 Å². The Hall–Kier alpha value is -3.17. The van der Waals surface area contributed by atoms with Gasteiger partial charge in [0.1, 0.15) is 0 Å². The molecule has 2 aliphatic heterocycles. The van der Waals surface area contributed by atoms with Gasteiger partial charge in [0.25, 0.3) is 0 Å². The largest absolute Gasteiger partial charge is 0.349 e. The Balaban J connectivity index is 1.56. The van der Waals surface area contributed by atoms with Crippen molar-refractivity contribution in [3.05, 3.63) is 98.6 Å². The molecule has 34 heavy (non-hydrogen) atoms. The summed E-state index contributed by atoms with van der Waals surface area (Å²) in [5, 5.41) is 0. The number of nitrogens with zero attached hydrogens (tertiary/aromatic N) is 1. The molecule has 3 atom stereocenters. The van der Waals surface area contributed by atoms with Gasteiger partial charge in [-0.25, -0.2) is 4.90 Å². The van der Waals surface area contributed by atoms with Crippen LogP contribution in [0.2, 0.25) is 0 Å². The third kappa shape index (κ3) is 2.65. The van der Waals surface area contributed by atoms with Crippen LogP contribution in [0, 0.1) is 22.3 Å². The smallest absolute Gasteiger partial charge is 0.241 e. The van der Waals surface area contributed by atoms with E-state index >= 15 is 0 Å². The van der Waals surface area contributed by atoms with Gasteiger partial charge in [-0.2, -0.15) is 0 Å². The Labute approximate surface area is 209 Å². The molecule has 3 aromatic rings. The maximum Gasteiger partial charge on any atom is 0.241 e. The number of halogens is 1. The summed E-state index contributed by atoms with van der Waals surface area (Å²) in [5.74, 6) is -4.38. The molecule has 0 N–H and O–H groups in total. The van der Waals surface area contributed by atoms with Crippen LogP contribution >= 0.6 is 22.6 Å². The SMILES string of the molecule is Cc1ccc([C@@H]2OC3(C(=O)c4ccccc4C3=O)[C@@H]3C(=O)N(c4ccccc4I)C(=O)[C@H]32)cc1. The minimum atomic E-state index is -2.05. The summed E-state index contributed by atoms with van der Waals surface area (Å²) in [6.07, 6.45) is -0.907. The maximum atomic E-state index is 13.9. The zero-order valence-electron chi connectivity index (χ0n) is 18.0. The standard InChI is InChI=1S/C27H18INO5/c1-14-10-12-15(13-11-14)22-20-21(26(33)29(25(20)32)19-9-5-4-8-18(19)28)27(34-22)23(30)16-6-2-3-7-17(16)24(27)31/h2-13,20-22H,1H3/t20-,21+,22+/m1/s1. The highest BCUT2D eigenvalue weighted by atomic mass is 127. The van der Waals surface area contributed by atoms with Crippen LogP contribution in [0.5, 0.6) is 0 Å². The zero-order chi connectivity index (χ0) is 23.8. The van der Waals surface area contributed by atoms with Crippen LogP contribution in [0.25, 0.3) is 0 Å². The molecule has 2 saturated heterocycles. The van der Waals surface area contributed by atoms with Crippen molar-refractivity contribution in [2.75, 3.05) is 4.90 Å². The number of benzene rings is 3. The summed E-state index contributed by atoms with van der Waals surface area (Å²) in [4.78, 5) is 56.3. The molecular formula is C27H18INO5. The molecule has 168 valence electrons. The van der Waals surface area contributed by atoms with Crippen molar-refractivity contribution < 1.29 is 23.9 Å². The molecule has 0 aromatic heterocycles. The molecule has 0 saturated carbocycles. The van der Waals surface area contributed by atoms with E-state index in [9.17, 15) is 19.2 Å². The van der Waals surface area contributed by atoms with Crippen LogP contribution in [0.15, 0.2) is 72.8 Å². The number of carbonyl (C=O) groups is 4. The number of fused-ring (bicyclic) bond motifs is 3. The summed E-state index contributed by atoms with van der Waals surface area (Å²) >= 11 is 2.07. The number of carbonyl (C=O) groups excluding carboxylic acids is 4. The Kier molecular flexibility index (Phi) is 4.66. The highest BCUT2D eigenvalue weighted by Gasteiger charge is 2.74. The molecule has 6 rings (SSSR count). The van der Waals surface area contributed by atoms with Crippen molar-refractivity contribution >= 4 is 51.7 Å². The Bertz CT molecular complexity index is 1380. The van der Waals surface area contributed by atoms with E-state index in [0.717, 1.165) is 14.0 Å². The van der Waals surface area contributed by atoms with Crippen LogP contribution < -0.4 is 4.90 Å². The fourth-order valence-corrected chi connectivity index (χ4v) is 6.07. The molecule has 0 bridgehead atoms. The number of ketones is 2. The van der Waals surface area contributed by atoms with Gasteiger partial charge in [-0.15, -0.1) is 0 Å². The summed E-state index contributed by atoms with van der Waals surface area (Å²) in [6.45, 7) is 1.94. The molecule has 7 heteroatoms. The average molecular weight is 563 g/mol. The van der Waals surface area contributed by atoms with E-state index in [-0.39, 0.29) is 11.1 Å². The average Bonchev–Trinajstić information content (AvgIpc) is 3.40. The number of amides is 2. The maximum absolute atomic E-state index is 13.9. The van der Waals surface area contributed by atoms with Gasteiger partial charge in [0.15, 0.2) is 0 Å². The van der Waals surface area contributed by atoms with Crippen LogP contribution in [-0.4, -0.2) is 29.0 Å². The summed E-state index contributed by atoms with van der Waals surface area (Å²) in [5.41, 5.74) is 0.516. The van der Waals surface area contributed by atoms with Crippen molar-refractivity contribution in [3.63, 3.8) is 0 Å². The predicted octanol–water partition coefficient (Wildman–Crippen LogP) is 4.29. The first kappa shape index (κ1) is 21.4. The lowest BCUT2D eigenvalue weighted by molar-refractivity contribution is -0.127. The second-order valence-electron chi connectivity index (χ2n) is 8.86. The molecule has 2 amide bonds. The minimum absolute atomic E-state index is 0.226. The third-order valence-electron chi connectivity index (χ3n) is 7.02. The van der Waals surface area contributed by atoms with Crippen molar-refractivity contribution in [3.8, 4) is 0 Å². The molecular weight excluding hydrogens is 545 g/mol. The normalized spacial score (nSPS) is 24.8. The number of hydrogen-bond donors (Lipinski definition) is 0. The summed E-state index contributed by atoms with van der Waals surface area (Å²) in [7, 11) is 0. The number of hydrogen-bond acceptors (Lipinski definition) is 5. The molecule has 1 aliphatic carbocycles. The quantitative estimate of drug-likeness (QED) is 0.264. The highest BCUT2D eigenvalue weighted by Crippen LogP contribution is 2.57. The Morgan fingerprint density at radius 1 is 0.794 bits per heavy atom. The van der Waals surface area contributed by atoms with Crippen molar-refractivity contribution in [1.82, 2.24) is 0 Å². The van der Waals surface area contributed by atoms with E-state index in [2.05, 4.69) is 22.6 Å². The second-order valence-corrected chi connectivity index (χ2v) is 10.0. The molecule has 1 spiro atoms. The lowest BCUT2D eigenvalue weighted by Gasteiger charge is -2.27. The van der Waals surface area contributed by atoms with Gasteiger partial charge in [0.05, 0.1) is 23.6 Å². The van der Waals surface area contributed by atoms with Crippen LogP contribution in [0.4, 0.5) is 5.69 Å². The van der Waals surface area contributed by atoms with Gasteiger partial charge in [-0.3, -0.25) is 19.2 Å². The highest BCUT2D eigenvalue weighted by molar-refractivity contribution is 14.1. The van der Waals surface area contributed by atoms with Gasteiger partial charge in [0.2, 0.25) is 29.0 Å². The van der Waals surface area contributed by atoms with Gasteiger partial charge >= 0.3 is 0 Å². The predicted molar refractivity (Wildman–Crippen MR) is 131 cm³/mol. The first-order valence-corrected chi connectivity index (χ1v) is 12.0. The molecule has 3 aromatic carbocycles. The van der Waals surface area contributed by atoms with Crippen LogP contribution in [-0.2, 0) is 14.3 Å². The third-order valence-corrected chi connectivity index (χ3v) is 7.93. The van der Waals surface area contributed by atoms with Gasteiger partial charge in [-0.05, 0) is 47.2 Å². The second kappa shape index (κ2) is 7.41. The molecule has 0 unspecified atom stereocenters. The Morgan fingerprint density at radius 2 is 1.38 bits per heavy atom. The zero-order valence-corrected chi connectivity index (χ0v) is 20.2. The van der Waals surface area contributed by atoms with E-state index in [0.29, 0.717) is 11.3 Å². The molecule has 2 heterocycles. The number of aryl methyl sites for hydroxylation is 1. The van der Waals surface area contributed by atoms with E-state index < -0.39 is 46.9 Å². The number of imide groups is 1. The first-order valence-electron chi connectivity index (χ1n) is 10.9. The van der Waals surface area contributed by atoms with Crippen molar-refractivity contribution in [2.24, 2.45) is 11.8 Å². The summed E-state index contributed by atoms with van der Waals surface area (Å²) in [6, 6.07) is 20.9. The van der Waals surface area contributed by atoms with Crippen molar-refractivity contribution in [1.29, 1.82) is 0 Å². The number of rotatable bonds is 2. The molecule has 0 radical (unpaired) electrons. The minimum Gasteiger partial charge on any atom is -0.349 e.